The molecule has 11 heteroatoms. The fraction of sp³-hybridized carbons (Fsp3) is 0.310. The summed E-state index contributed by atoms with van der Waals surface area (Å²) in [4.78, 5) is 13.0. The third kappa shape index (κ3) is 4.51. The summed E-state index contributed by atoms with van der Waals surface area (Å²) in [5.74, 6) is 2.19. The Kier molecular flexibility index (Phi) is 6.07. The van der Waals surface area contributed by atoms with E-state index >= 15 is 4.39 Å². The fourth-order valence-electron chi connectivity index (χ4n) is 5.69. The van der Waals surface area contributed by atoms with Crippen molar-refractivity contribution in [1.82, 2.24) is 29.9 Å². The van der Waals surface area contributed by atoms with Crippen molar-refractivity contribution in [2.45, 2.75) is 50.8 Å². The number of piperidine rings is 1. The smallest absolute Gasteiger partial charge is 0.162 e. The van der Waals surface area contributed by atoms with E-state index in [9.17, 15) is 0 Å². The maximum absolute atomic E-state index is 15.6. The highest BCUT2D eigenvalue weighted by atomic mass is 19.1. The minimum atomic E-state index is -0.442. The Labute approximate surface area is 229 Å². The van der Waals surface area contributed by atoms with Crippen molar-refractivity contribution in [1.29, 1.82) is 0 Å². The summed E-state index contributed by atoms with van der Waals surface area (Å²) < 4.78 is 35.3. The van der Waals surface area contributed by atoms with Crippen LogP contribution in [0.1, 0.15) is 31.2 Å². The maximum Gasteiger partial charge on any atom is 0.162 e. The van der Waals surface area contributed by atoms with Crippen LogP contribution in [0.4, 0.5) is 15.9 Å². The quantitative estimate of drug-likeness (QED) is 0.283. The second-order valence-electron chi connectivity index (χ2n) is 10.3. The topological polar surface area (TPSA) is 108 Å². The Bertz CT molecular complexity index is 1710. The number of methoxy groups -OCH3 is 1. The van der Waals surface area contributed by atoms with Gasteiger partial charge in [0.05, 0.1) is 18.3 Å². The van der Waals surface area contributed by atoms with E-state index in [1.54, 1.807) is 49.0 Å². The average Bonchev–Trinajstić information content (AvgIpc) is 3.57. The molecule has 2 atom stereocenters. The van der Waals surface area contributed by atoms with E-state index < -0.39 is 5.82 Å². The summed E-state index contributed by atoms with van der Waals surface area (Å²) >= 11 is 0. The zero-order valence-electron chi connectivity index (χ0n) is 22.1. The van der Waals surface area contributed by atoms with Crippen LogP contribution in [0.15, 0.2) is 55.2 Å². The molecule has 2 unspecified atom stereocenters. The molecule has 0 saturated carbocycles. The Hall–Kier alpha value is -4.51. The van der Waals surface area contributed by atoms with Crippen molar-refractivity contribution in [3.63, 3.8) is 0 Å². The highest BCUT2D eigenvalue weighted by Gasteiger charge is 2.35. The first kappa shape index (κ1) is 24.5. The molecule has 2 saturated heterocycles. The molecule has 2 fully saturated rings. The minimum absolute atomic E-state index is 0.101. The van der Waals surface area contributed by atoms with Gasteiger partial charge in [-0.2, -0.15) is 5.10 Å². The number of aromatic nitrogens is 5. The molecular formula is C29H28FN7O3. The normalized spacial score (nSPS) is 20.1. The van der Waals surface area contributed by atoms with Crippen LogP contribution in [0.5, 0.6) is 23.0 Å². The zero-order valence-corrected chi connectivity index (χ0v) is 22.1. The lowest BCUT2D eigenvalue weighted by Gasteiger charge is -2.30. The molecule has 2 aliphatic rings. The molecule has 204 valence electrons. The van der Waals surface area contributed by atoms with Crippen LogP contribution in [-0.2, 0) is 0 Å². The van der Waals surface area contributed by atoms with Crippen molar-refractivity contribution in [2.75, 3.05) is 12.4 Å². The monoisotopic (exact) mass is 541 g/mol. The second kappa shape index (κ2) is 9.91. The molecular weight excluding hydrogens is 513 g/mol. The van der Waals surface area contributed by atoms with Gasteiger partial charge in [-0.25, -0.2) is 23.9 Å². The Morgan fingerprint density at radius 3 is 2.65 bits per heavy atom. The molecule has 0 aliphatic carbocycles. The van der Waals surface area contributed by atoms with E-state index in [0.717, 1.165) is 12.8 Å². The standard InChI is InChI=1S/C29H28FN7O3/c1-16-24(39-19-7-8-37-27(11-19)32-15-34-37)6-5-22(28(16)30)36-29-21-12-26(25(38-2)13-23(21)31-14-33-29)40-20-9-17-3-4-18(10-20)35-17/h5-8,11-15,17-18,20,35H,3-4,9-10H2,1-2H3,(H,31,33,36). The Balaban J connectivity index is 1.17. The van der Waals surface area contributed by atoms with Crippen LogP contribution in [0, 0.1) is 12.7 Å². The molecule has 0 amide bonds. The summed E-state index contributed by atoms with van der Waals surface area (Å²) in [5.41, 5.74) is 1.92. The van der Waals surface area contributed by atoms with Crippen LogP contribution in [-0.4, -0.2) is 49.9 Å². The molecule has 0 radical (unpaired) electrons. The van der Waals surface area contributed by atoms with E-state index in [2.05, 4.69) is 30.7 Å². The van der Waals surface area contributed by atoms with Crippen LogP contribution in [0.2, 0.25) is 0 Å². The highest BCUT2D eigenvalue weighted by molar-refractivity contribution is 5.93. The Morgan fingerprint density at radius 1 is 0.975 bits per heavy atom. The van der Waals surface area contributed by atoms with Gasteiger partial charge in [-0.1, -0.05) is 0 Å². The van der Waals surface area contributed by atoms with Gasteiger partial charge in [-0.05, 0) is 56.9 Å². The third-order valence-electron chi connectivity index (χ3n) is 7.71. The van der Waals surface area contributed by atoms with Crippen molar-refractivity contribution in [2.24, 2.45) is 0 Å². The molecule has 2 N–H and O–H groups in total. The third-order valence-corrected chi connectivity index (χ3v) is 7.71. The van der Waals surface area contributed by atoms with Crippen LogP contribution in [0.25, 0.3) is 16.6 Å². The first-order valence-corrected chi connectivity index (χ1v) is 13.3. The largest absolute Gasteiger partial charge is 0.493 e. The molecule has 5 aromatic rings. The van der Waals surface area contributed by atoms with E-state index in [4.69, 9.17) is 14.2 Å². The molecule has 5 heterocycles. The SMILES string of the molecule is COc1cc2ncnc(Nc3ccc(Oc4ccn5ncnc5c4)c(C)c3F)c2cc1OC1CC2CCC(C1)N2. The number of hydrogen-bond donors (Lipinski definition) is 2. The number of rotatable bonds is 7. The highest BCUT2D eigenvalue weighted by Crippen LogP contribution is 2.39. The predicted octanol–water partition coefficient (Wildman–Crippen LogP) is 5.33. The van der Waals surface area contributed by atoms with Crippen LogP contribution >= 0.6 is 0 Å². The molecule has 3 aromatic heterocycles. The van der Waals surface area contributed by atoms with Crippen LogP contribution < -0.4 is 24.8 Å². The number of nitrogens with one attached hydrogen (secondary N) is 2. The van der Waals surface area contributed by atoms with Gasteiger partial charge in [-0.3, -0.25) is 0 Å². The number of anilines is 2. The maximum atomic E-state index is 15.6. The zero-order chi connectivity index (χ0) is 27.2. The number of pyridine rings is 1. The number of benzene rings is 2. The van der Waals surface area contributed by atoms with E-state index in [1.165, 1.54) is 25.5 Å². The first-order chi connectivity index (χ1) is 19.5. The number of halogens is 1. The van der Waals surface area contributed by atoms with Gasteiger partial charge in [0, 0.05) is 41.4 Å². The lowest BCUT2D eigenvalue weighted by atomic mass is 10.0. The van der Waals surface area contributed by atoms with Crippen molar-refractivity contribution in [3.8, 4) is 23.0 Å². The van der Waals surface area contributed by atoms with E-state index in [0.29, 0.717) is 63.0 Å². The molecule has 2 bridgehead atoms. The number of ether oxygens (including phenoxy) is 3. The van der Waals surface area contributed by atoms with Gasteiger partial charge in [0.25, 0.3) is 0 Å². The van der Waals surface area contributed by atoms with Crippen molar-refractivity contribution < 1.29 is 18.6 Å². The van der Waals surface area contributed by atoms with Gasteiger partial charge in [-0.15, -0.1) is 0 Å². The molecule has 2 aromatic carbocycles. The molecule has 2 aliphatic heterocycles. The minimum Gasteiger partial charge on any atom is -0.493 e. The first-order valence-electron chi connectivity index (χ1n) is 13.3. The van der Waals surface area contributed by atoms with Crippen molar-refractivity contribution in [3.05, 3.63) is 66.6 Å². The fourth-order valence-corrected chi connectivity index (χ4v) is 5.69. The number of nitrogens with zero attached hydrogens (tertiary/aromatic N) is 5. The van der Waals surface area contributed by atoms with Crippen molar-refractivity contribution >= 4 is 28.1 Å². The average molecular weight is 542 g/mol. The van der Waals surface area contributed by atoms with Gasteiger partial charge in [0.2, 0.25) is 0 Å². The summed E-state index contributed by atoms with van der Waals surface area (Å²) in [5, 5.41) is 11.6. The summed E-state index contributed by atoms with van der Waals surface area (Å²) in [6.45, 7) is 1.67. The van der Waals surface area contributed by atoms with Gasteiger partial charge < -0.3 is 24.8 Å². The number of hydrogen-bond acceptors (Lipinski definition) is 9. The van der Waals surface area contributed by atoms with E-state index in [-0.39, 0.29) is 11.8 Å². The lowest BCUT2D eigenvalue weighted by molar-refractivity contribution is 0.133. The van der Waals surface area contributed by atoms with Gasteiger partial charge in [0.1, 0.15) is 36.1 Å². The summed E-state index contributed by atoms with van der Waals surface area (Å²) in [7, 11) is 1.62. The number of fused-ring (bicyclic) bond motifs is 4. The second-order valence-corrected chi connectivity index (χ2v) is 10.3. The molecule has 40 heavy (non-hydrogen) atoms. The van der Waals surface area contributed by atoms with Crippen LogP contribution in [0.3, 0.4) is 0 Å². The lowest BCUT2D eigenvalue weighted by Crippen LogP contribution is -2.42. The molecule has 0 spiro atoms. The molecule has 10 nitrogen and oxygen atoms in total. The Morgan fingerprint density at radius 2 is 1.82 bits per heavy atom. The summed E-state index contributed by atoms with van der Waals surface area (Å²) in [6.07, 6.45) is 9.04. The molecule has 7 rings (SSSR count). The van der Waals surface area contributed by atoms with Gasteiger partial charge in [0.15, 0.2) is 23.0 Å². The summed E-state index contributed by atoms with van der Waals surface area (Å²) in [6, 6.07) is 11.6. The predicted molar refractivity (Wildman–Crippen MR) is 147 cm³/mol. The van der Waals surface area contributed by atoms with E-state index in [1.807, 2.05) is 12.1 Å². The van der Waals surface area contributed by atoms with Gasteiger partial charge >= 0.3 is 0 Å².